The van der Waals surface area contributed by atoms with Gasteiger partial charge in [0.2, 0.25) is 0 Å². The lowest BCUT2D eigenvalue weighted by Gasteiger charge is -2.48. The molecule has 6 heteroatoms. The average molecular weight is 312 g/mol. The van der Waals surface area contributed by atoms with Crippen molar-refractivity contribution < 1.29 is 13.2 Å². The van der Waals surface area contributed by atoms with Gasteiger partial charge in [0.15, 0.2) is 0 Å². The lowest BCUT2D eigenvalue weighted by Crippen LogP contribution is -2.57. The minimum atomic E-state index is -4.05. The molecule has 2 N–H and O–H groups in total. The molecule has 0 aromatic heterocycles. The molecule has 1 aliphatic carbocycles. The van der Waals surface area contributed by atoms with E-state index in [2.05, 4.69) is 18.1 Å². The summed E-state index contributed by atoms with van der Waals surface area (Å²) in [6, 6.07) is 0.355. The number of nitrogens with two attached hydrogens (primary N) is 1. The SMILES string of the molecule is CSCCC(C)N(C)C1(CN)CCC(C(F)(F)F)CC1. The van der Waals surface area contributed by atoms with Gasteiger partial charge in [-0.2, -0.15) is 24.9 Å². The van der Waals surface area contributed by atoms with Gasteiger partial charge in [-0.05, 0) is 58.1 Å². The maximum absolute atomic E-state index is 12.8. The molecule has 1 saturated carbocycles. The fourth-order valence-electron chi connectivity index (χ4n) is 3.13. The highest BCUT2D eigenvalue weighted by atomic mass is 32.2. The quantitative estimate of drug-likeness (QED) is 0.814. The number of hydrogen-bond donors (Lipinski definition) is 1. The van der Waals surface area contributed by atoms with Crippen LogP contribution in [0.15, 0.2) is 0 Å². The van der Waals surface area contributed by atoms with E-state index in [-0.39, 0.29) is 18.4 Å². The van der Waals surface area contributed by atoms with E-state index in [4.69, 9.17) is 5.73 Å². The molecule has 1 atom stereocenters. The van der Waals surface area contributed by atoms with Crippen LogP contribution in [0.25, 0.3) is 0 Å². The zero-order chi connectivity index (χ0) is 15.4. The van der Waals surface area contributed by atoms with E-state index in [9.17, 15) is 13.2 Å². The van der Waals surface area contributed by atoms with Gasteiger partial charge in [-0.25, -0.2) is 0 Å². The fourth-order valence-corrected chi connectivity index (χ4v) is 3.71. The molecule has 2 nitrogen and oxygen atoms in total. The van der Waals surface area contributed by atoms with Gasteiger partial charge in [0.05, 0.1) is 5.92 Å². The van der Waals surface area contributed by atoms with Gasteiger partial charge in [0, 0.05) is 18.1 Å². The second-order valence-electron chi connectivity index (χ2n) is 5.99. The minimum absolute atomic E-state index is 0.209. The summed E-state index contributed by atoms with van der Waals surface area (Å²) in [5.74, 6) is -0.0748. The third-order valence-electron chi connectivity index (χ3n) is 4.91. The summed E-state index contributed by atoms with van der Waals surface area (Å²) in [6.07, 6.45) is 0.577. The molecule has 0 amide bonds. The van der Waals surface area contributed by atoms with Gasteiger partial charge in [-0.1, -0.05) is 0 Å². The molecule has 0 heterocycles. The predicted molar refractivity (Wildman–Crippen MR) is 80.0 cm³/mol. The summed E-state index contributed by atoms with van der Waals surface area (Å²) >= 11 is 1.80. The van der Waals surface area contributed by atoms with Crippen LogP contribution in [0.4, 0.5) is 13.2 Å². The van der Waals surface area contributed by atoms with Crippen LogP contribution < -0.4 is 5.73 Å². The molecular formula is C14H27F3N2S. The van der Waals surface area contributed by atoms with Crippen molar-refractivity contribution in [2.45, 2.75) is 56.8 Å². The van der Waals surface area contributed by atoms with Crippen LogP contribution in [-0.4, -0.2) is 48.3 Å². The van der Waals surface area contributed by atoms with Crippen LogP contribution >= 0.6 is 11.8 Å². The molecule has 1 fully saturated rings. The molecule has 0 spiro atoms. The summed E-state index contributed by atoms with van der Waals surface area (Å²) in [7, 11) is 2.02. The number of halogens is 3. The lowest BCUT2D eigenvalue weighted by atomic mass is 9.74. The van der Waals surface area contributed by atoms with Crippen molar-refractivity contribution >= 4 is 11.8 Å². The lowest BCUT2D eigenvalue weighted by molar-refractivity contribution is -0.188. The van der Waals surface area contributed by atoms with E-state index >= 15 is 0 Å². The molecule has 1 unspecified atom stereocenters. The van der Waals surface area contributed by atoms with E-state index in [1.165, 1.54) is 0 Å². The summed E-state index contributed by atoms with van der Waals surface area (Å²) in [5.41, 5.74) is 5.68. The largest absolute Gasteiger partial charge is 0.391 e. The Hall–Kier alpha value is 0.0600. The second kappa shape index (κ2) is 7.36. The highest BCUT2D eigenvalue weighted by molar-refractivity contribution is 7.98. The molecule has 120 valence electrons. The first-order chi connectivity index (χ1) is 9.27. The van der Waals surface area contributed by atoms with Gasteiger partial charge in [0.1, 0.15) is 0 Å². The molecular weight excluding hydrogens is 285 g/mol. The molecule has 0 aromatic rings. The summed E-state index contributed by atoms with van der Waals surface area (Å²) in [5, 5.41) is 0. The Morgan fingerprint density at radius 2 is 1.90 bits per heavy atom. The number of rotatable bonds is 6. The van der Waals surface area contributed by atoms with Gasteiger partial charge >= 0.3 is 6.18 Å². The van der Waals surface area contributed by atoms with Crippen LogP contribution in [-0.2, 0) is 0 Å². The van der Waals surface area contributed by atoms with E-state index in [0.717, 1.165) is 12.2 Å². The van der Waals surface area contributed by atoms with Crippen LogP contribution in [0.5, 0.6) is 0 Å². The Morgan fingerprint density at radius 3 is 2.30 bits per heavy atom. The van der Waals surface area contributed by atoms with Crippen molar-refractivity contribution in [1.82, 2.24) is 4.90 Å². The minimum Gasteiger partial charge on any atom is -0.329 e. The first kappa shape index (κ1) is 18.1. The van der Waals surface area contributed by atoms with Crippen molar-refractivity contribution in [1.29, 1.82) is 0 Å². The maximum Gasteiger partial charge on any atom is 0.391 e. The Kier molecular flexibility index (Phi) is 6.67. The Balaban J connectivity index is 2.66. The molecule has 0 bridgehead atoms. The summed E-state index contributed by atoms with van der Waals surface area (Å²) < 4.78 is 38.3. The third-order valence-corrected chi connectivity index (χ3v) is 5.55. The van der Waals surface area contributed by atoms with Crippen LogP contribution in [0.1, 0.15) is 39.0 Å². The molecule has 1 aliphatic rings. The van der Waals surface area contributed by atoms with Gasteiger partial charge in [0.25, 0.3) is 0 Å². The van der Waals surface area contributed by atoms with Gasteiger partial charge in [-0.3, -0.25) is 4.90 Å². The van der Waals surface area contributed by atoms with Crippen LogP contribution in [0.2, 0.25) is 0 Å². The normalized spacial score (nSPS) is 29.7. The standard InChI is InChI=1S/C14H27F3N2S/c1-11(6-9-20-3)19(2)13(10-18)7-4-12(5-8-13)14(15,16)17/h11-12H,4-10,18H2,1-3H3. The first-order valence-electron chi connectivity index (χ1n) is 7.25. The zero-order valence-electron chi connectivity index (χ0n) is 12.7. The number of hydrogen-bond acceptors (Lipinski definition) is 3. The number of nitrogens with zero attached hydrogens (tertiary/aromatic N) is 1. The molecule has 0 saturated heterocycles. The maximum atomic E-state index is 12.8. The van der Waals surface area contributed by atoms with E-state index in [1.54, 1.807) is 11.8 Å². The second-order valence-corrected chi connectivity index (χ2v) is 6.97. The Bertz CT molecular complexity index is 289. The molecule has 20 heavy (non-hydrogen) atoms. The van der Waals surface area contributed by atoms with Crippen molar-refractivity contribution in [3.05, 3.63) is 0 Å². The van der Waals surface area contributed by atoms with E-state index in [0.29, 0.717) is 25.4 Å². The monoisotopic (exact) mass is 312 g/mol. The Morgan fingerprint density at radius 1 is 1.35 bits per heavy atom. The molecule has 0 radical (unpaired) electrons. The fraction of sp³-hybridized carbons (Fsp3) is 1.00. The first-order valence-corrected chi connectivity index (χ1v) is 8.65. The summed E-state index contributed by atoms with van der Waals surface area (Å²) in [6.45, 7) is 2.58. The van der Waals surface area contributed by atoms with Crippen molar-refractivity contribution in [3.8, 4) is 0 Å². The summed E-state index contributed by atoms with van der Waals surface area (Å²) in [4.78, 5) is 2.23. The van der Waals surface area contributed by atoms with Crippen molar-refractivity contribution in [3.63, 3.8) is 0 Å². The number of thioether (sulfide) groups is 1. The number of likely N-dealkylation sites (N-methyl/N-ethyl adjacent to an activating group) is 1. The predicted octanol–water partition coefficient (Wildman–Crippen LogP) is 3.51. The number of alkyl halides is 3. The molecule has 0 aromatic carbocycles. The van der Waals surface area contributed by atoms with Gasteiger partial charge < -0.3 is 5.73 Å². The molecule has 1 rings (SSSR count). The van der Waals surface area contributed by atoms with E-state index < -0.39 is 12.1 Å². The van der Waals surface area contributed by atoms with Gasteiger partial charge in [-0.15, -0.1) is 0 Å². The molecule has 0 aliphatic heterocycles. The van der Waals surface area contributed by atoms with Crippen LogP contribution in [0, 0.1) is 5.92 Å². The Labute approximate surface area is 124 Å². The van der Waals surface area contributed by atoms with Crippen molar-refractivity contribution in [2.75, 3.05) is 25.6 Å². The van der Waals surface area contributed by atoms with E-state index in [1.807, 2.05) is 7.05 Å². The smallest absolute Gasteiger partial charge is 0.329 e. The average Bonchev–Trinajstić information content (AvgIpc) is 2.42. The van der Waals surface area contributed by atoms with Crippen molar-refractivity contribution in [2.24, 2.45) is 11.7 Å². The third kappa shape index (κ3) is 4.28. The highest BCUT2D eigenvalue weighted by Crippen LogP contribution is 2.43. The zero-order valence-corrected chi connectivity index (χ0v) is 13.5. The van der Waals surface area contributed by atoms with Crippen LogP contribution in [0.3, 0.4) is 0 Å². The topological polar surface area (TPSA) is 29.3 Å². The highest BCUT2D eigenvalue weighted by Gasteiger charge is 2.47.